The number of anilines is 2. The van der Waals surface area contributed by atoms with Crippen LogP contribution in [0.2, 0.25) is 5.02 Å². The van der Waals surface area contributed by atoms with Crippen LogP contribution in [0.1, 0.15) is 32.6 Å². The Hall–Kier alpha value is -1.59. The molecule has 1 heterocycles. The van der Waals surface area contributed by atoms with Crippen LogP contribution in [0.3, 0.4) is 0 Å². The van der Waals surface area contributed by atoms with Crippen molar-refractivity contribution in [3.8, 4) is 0 Å². The number of halogens is 1. The van der Waals surface area contributed by atoms with E-state index in [9.17, 15) is 9.59 Å². The highest BCUT2D eigenvalue weighted by atomic mass is 35.5. The zero-order chi connectivity index (χ0) is 16.4. The first-order chi connectivity index (χ1) is 11.0. The Morgan fingerprint density at radius 3 is 2.87 bits per heavy atom. The molecule has 0 unspecified atom stereocenters. The molecule has 1 aliphatic carbocycles. The van der Waals surface area contributed by atoms with Gasteiger partial charge in [0.1, 0.15) is 0 Å². The molecule has 0 spiro atoms. The van der Waals surface area contributed by atoms with E-state index >= 15 is 0 Å². The molecule has 0 bridgehead atoms. The van der Waals surface area contributed by atoms with Crippen molar-refractivity contribution in [2.45, 2.75) is 32.6 Å². The third-order valence-electron chi connectivity index (χ3n) is 5.03. The molecular formula is C17H22ClN3O2. The summed E-state index contributed by atoms with van der Waals surface area (Å²) < 4.78 is 0. The number of fused-ring (bicyclic) bond motifs is 1. The number of rotatable bonds is 3. The number of benzene rings is 1. The van der Waals surface area contributed by atoms with Crippen LogP contribution in [-0.2, 0) is 9.59 Å². The van der Waals surface area contributed by atoms with Crippen molar-refractivity contribution in [1.29, 1.82) is 0 Å². The van der Waals surface area contributed by atoms with E-state index in [1.165, 1.54) is 13.3 Å². The molecular weight excluding hydrogens is 314 g/mol. The quantitative estimate of drug-likeness (QED) is 0.795. The fourth-order valence-corrected chi connectivity index (χ4v) is 4.06. The van der Waals surface area contributed by atoms with E-state index in [-0.39, 0.29) is 17.2 Å². The molecule has 1 aromatic rings. The highest BCUT2D eigenvalue weighted by Gasteiger charge is 2.49. The maximum atomic E-state index is 12.9. The minimum Gasteiger partial charge on any atom is -0.326 e. The summed E-state index contributed by atoms with van der Waals surface area (Å²) in [5.74, 6) is 0.314. The third-order valence-corrected chi connectivity index (χ3v) is 5.34. The van der Waals surface area contributed by atoms with Crippen LogP contribution >= 0.6 is 11.6 Å². The molecule has 1 saturated heterocycles. The highest BCUT2D eigenvalue weighted by Crippen LogP contribution is 2.44. The Labute approximate surface area is 141 Å². The number of carbonyl (C=O) groups is 2. The van der Waals surface area contributed by atoms with E-state index in [1.807, 2.05) is 0 Å². The smallest absolute Gasteiger partial charge is 0.232 e. The van der Waals surface area contributed by atoms with Crippen LogP contribution < -0.4 is 16.0 Å². The molecule has 3 N–H and O–H groups in total. The van der Waals surface area contributed by atoms with Gasteiger partial charge in [-0.1, -0.05) is 24.4 Å². The monoisotopic (exact) mass is 335 g/mol. The lowest BCUT2D eigenvalue weighted by molar-refractivity contribution is -0.128. The summed E-state index contributed by atoms with van der Waals surface area (Å²) in [6, 6.07) is 5.13. The van der Waals surface area contributed by atoms with Crippen molar-refractivity contribution >= 4 is 34.8 Å². The summed E-state index contributed by atoms with van der Waals surface area (Å²) in [6.07, 6.45) is 4.34. The van der Waals surface area contributed by atoms with Gasteiger partial charge < -0.3 is 16.0 Å². The first-order valence-corrected chi connectivity index (χ1v) is 8.48. The molecule has 0 radical (unpaired) electrons. The summed E-state index contributed by atoms with van der Waals surface area (Å²) in [5.41, 5.74) is 0.908. The lowest BCUT2D eigenvalue weighted by atomic mass is 9.67. The summed E-state index contributed by atoms with van der Waals surface area (Å²) >= 11 is 6.25. The van der Waals surface area contributed by atoms with Gasteiger partial charge in [0.05, 0.1) is 16.1 Å². The lowest BCUT2D eigenvalue weighted by Crippen LogP contribution is -2.44. The van der Waals surface area contributed by atoms with Crippen LogP contribution in [0.15, 0.2) is 18.2 Å². The fourth-order valence-electron chi connectivity index (χ4n) is 3.83. The van der Waals surface area contributed by atoms with Crippen LogP contribution in [0.5, 0.6) is 0 Å². The van der Waals surface area contributed by atoms with Gasteiger partial charge in [0.2, 0.25) is 11.8 Å². The molecule has 5 nitrogen and oxygen atoms in total. The first kappa shape index (κ1) is 16.3. The van der Waals surface area contributed by atoms with Crippen molar-refractivity contribution in [1.82, 2.24) is 5.32 Å². The maximum absolute atomic E-state index is 12.9. The number of hydrogen-bond acceptors (Lipinski definition) is 3. The van der Waals surface area contributed by atoms with Gasteiger partial charge in [0.15, 0.2) is 0 Å². The predicted molar refractivity (Wildman–Crippen MR) is 91.6 cm³/mol. The molecule has 1 saturated carbocycles. The zero-order valence-corrected chi connectivity index (χ0v) is 14.0. The summed E-state index contributed by atoms with van der Waals surface area (Å²) in [7, 11) is 0. The zero-order valence-electron chi connectivity index (χ0n) is 13.2. The largest absolute Gasteiger partial charge is 0.326 e. The molecule has 124 valence electrons. The SMILES string of the molecule is CC(=O)Nc1ccc(NC(=O)[C@@]23CCCC[C@H]2CNC3)c(Cl)c1. The molecule has 1 aromatic carbocycles. The van der Waals surface area contributed by atoms with E-state index in [4.69, 9.17) is 11.6 Å². The first-order valence-electron chi connectivity index (χ1n) is 8.10. The molecule has 23 heavy (non-hydrogen) atoms. The predicted octanol–water partition coefficient (Wildman–Crippen LogP) is 3.02. The van der Waals surface area contributed by atoms with Crippen LogP contribution in [0.25, 0.3) is 0 Å². The van der Waals surface area contributed by atoms with Gasteiger partial charge in [0, 0.05) is 19.2 Å². The molecule has 2 aliphatic rings. The van der Waals surface area contributed by atoms with E-state index in [1.54, 1.807) is 18.2 Å². The second kappa shape index (κ2) is 6.49. The molecule has 6 heteroatoms. The molecule has 2 amide bonds. The fraction of sp³-hybridized carbons (Fsp3) is 0.529. The Bertz CT molecular complexity index is 634. The summed E-state index contributed by atoms with van der Waals surface area (Å²) in [4.78, 5) is 24.0. The van der Waals surface area contributed by atoms with Gasteiger partial charge in [-0.3, -0.25) is 9.59 Å². The lowest BCUT2D eigenvalue weighted by Gasteiger charge is -2.37. The van der Waals surface area contributed by atoms with Gasteiger partial charge in [-0.15, -0.1) is 0 Å². The topological polar surface area (TPSA) is 70.2 Å². The van der Waals surface area contributed by atoms with E-state index < -0.39 is 0 Å². The van der Waals surface area contributed by atoms with Gasteiger partial charge in [0.25, 0.3) is 0 Å². The minimum absolute atomic E-state index is 0.0568. The van der Waals surface area contributed by atoms with Crippen molar-refractivity contribution in [3.05, 3.63) is 23.2 Å². The van der Waals surface area contributed by atoms with Gasteiger partial charge in [-0.25, -0.2) is 0 Å². The van der Waals surface area contributed by atoms with Crippen molar-refractivity contribution in [2.75, 3.05) is 23.7 Å². The highest BCUT2D eigenvalue weighted by molar-refractivity contribution is 6.34. The van der Waals surface area contributed by atoms with Crippen LogP contribution in [-0.4, -0.2) is 24.9 Å². The average Bonchev–Trinajstić information content (AvgIpc) is 2.94. The maximum Gasteiger partial charge on any atom is 0.232 e. The third kappa shape index (κ3) is 3.21. The Morgan fingerprint density at radius 1 is 1.30 bits per heavy atom. The standard InChI is InChI=1S/C17H22ClN3O2/c1-11(22)20-13-5-6-15(14(18)8-13)21-16(23)17-7-3-2-4-12(17)9-19-10-17/h5-6,8,12,19H,2-4,7,9-10H2,1H3,(H,20,22)(H,21,23)/t12-,17+/m0/s1. The second-order valence-electron chi connectivity index (χ2n) is 6.56. The second-order valence-corrected chi connectivity index (χ2v) is 6.97. The molecule has 1 aliphatic heterocycles. The normalized spacial score (nSPS) is 26.4. The van der Waals surface area contributed by atoms with E-state index in [0.29, 0.717) is 22.3 Å². The van der Waals surface area contributed by atoms with Crippen LogP contribution in [0, 0.1) is 11.3 Å². The minimum atomic E-state index is -0.308. The van der Waals surface area contributed by atoms with Gasteiger partial charge in [-0.2, -0.15) is 0 Å². The number of carbonyl (C=O) groups excluding carboxylic acids is 2. The number of hydrogen-bond donors (Lipinski definition) is 3. The van der Waals surface area contributed by atoms with Crippen molar-refractivity contribution in [2.24, 2.45) is 11.3 Å². The Kier molecular flexibility index (Phi) is 4.60. The Balaban J connectivity index is 1.76. The number of amides is 2. The number of nitrogens with one attached hydrogen (secondary N) is 3. The average molecular weight is 336 g/mol. The molecule has 2 fully saturated rings. The van der Waals surface area contributed by atoms with E-state index in [0.717, 1.165) is 32.4 Å². The van der Waals surface area contributed by atoms with Crippen LogP contribution in [0.4, 0.5) is 11.4 Å². The summed E-state index contributed by atoms with van der Waals surface area (Å²) in [5, 5.41) is 9.48. The van der Waals surface area contributed by atoms with Crippen molar-refractivity contribution < 1.29 is 9.59 Å². The molecule has 3 rings (SSSR count). The summed E-state index contributed by atoms with van der Waals surface area (Å²) in [6.45, 7) is 3.10. The van der Waals surface area contributed by atoms with Crippen molar-refractivity contribution in [3.63, 3.8) is 0 Å². The van der Waals surface area contributed by atoms with Gasteiger partial charge in [-0.05, 0) is 43.5 Å². The van der Waals surface area contributed by atoms with Gasteiger partial charge >= 0.3 is 0 Å². The van der Waals surface area contributed by atoms with E-state index in [2.05, 4.69) is 16.0 Å². The molecule has 2 atom stereocenters. The Morgan fingerprint density at radius 2 is 2.13 bits per heavy atom. The molecule has 0 aromatic heterocycles.